The van der Waals surface area contributed by atoms with Gasteiger partial charge in [-0.2, -0.15) is 4.68 Å². The highest BCUT2D eigenvalue weighted by molar-refractivity contribution is 7.89. The molecule has 0 atom stereocenters. The van der Waals surface area contributed by atoms with Crippen molar-refractivity contribution in [3.05, 3.63) is 93.4 Å². The van der Waals surface area contributed by atoms with Crippen LogP contribution in [0.25, 0.3) is 16.8 Å². The van der Waals surface area contributed by atoms with Gasteiger partial charge >= 0.3 is 5.69 Å². The van der Waals surface area contributed by atoms with Crippen molar-refractivity contribution in [2.45, 2.75) is 51.0 Å². The predicted octanol–water partition coefficient (Wildman–Crippen LogP) is 4.88. The number of nitrogens with two attached hydrogens (primary N) is 1. The summed E-state index contributed by atoms with van der Waals surface area (Å²) >= 11 is 6.40. The first-order valence-corrected chi connectivity index (χ1v) is 14.6. The summed E-state index contributed by atoms with van der Waals surface area (Å²) in [6, 6.07) is 15.1. The monoisotopic (exact) mass is 585 g/mol. The molecule has 0 unspecified atom stereocenters. The number of amides is 1. The average molecular weight is 586 g/mol. The number of rotatable bonds is 10. The molecule has 0 aliphatic rings. The molecule has 4 aromatic rings. The number of primary sulfonamides is 1. The number of sulfonamides is 1. The maximum absolute atomic E-state index is 15.3. The second kappa shape index (κ2) is 12.2. The summed E-state index contributed by atoms with van der Waals surface area (Å²) in [6.45, 7) is 3.70. The SMILES string of the molecule is CCCCC(=O)Nc1ccc(Cl)c(-n2nc(CC)n(Cc3ccc(-c4ccccc4S(N)(=O)=O)cc3F)c2=O)c1. The van der Waals surface area contributed by atoms with Crippen LogP contribution in [0.2, 0.25) is 5.02 Å². The molecular weight excluding hydrogens is 557 g/mol. The van der Waals surface area contributed by atoms with Crippen molar-refractivity contribution in [2.24, 2.45) is 5.14 Å². The Morgan fingerprint density at radius 1 is 1.10 bits per heavy atom. The Bertz CT molecular complexity index is 1730. The van der Waals surface area contributed by atoms with Gasteiger partial charge in [-0.25, -0.2) is 22.7 Å². The Hall–Kier alpha value is -3.80. The molecule has 9 nitrogen and oxygen atoms in total. The van der Waals surface area contributed by atoms with Gasteiger partial charge in [0, 0.05) is 29.7 Å². The molecule has 0 fully saturated rings. The van der Waals surface area contributed by atoms with E-state index in [1.165, 1.54) is 28.8 Å². The van der Waals surface area contributed by atoms with Crippen LogP contribution in [0.15, 0.2) is 70.4 Å². The molecule has 3 aromatic carbocycles. The molecule has 0 aliphatic heterocycles. The van der Waals surface area contributed by atoms with Crippen molar-refractivity contribution in [1.29, 1.82) is 0 Å². The van der Waals surface area contributed by atoms with Crippen LogP contribution in [-0.4, -0.2) is 28.7 Å². The number of anilines is 1. The fraction of sp³-hybridized carbons (Fsp3) is 0.250. The minimum Gasteiger partial charge on any atom is -0.326 e. The van der Waals surface area contributed by atoms with Crippen molar-refractivity contribution in [1.82, 2.24) is 14.3 Å². The van der Waals surface area contributed by atoms with Crippen LogP contribution in [0.1, 0.15) is 44.5 Å². The fourth-order valence-corrected chi connectivity index (χ4v) is 5.25. The fourth-order valence-electron chi connectivity index (χ4n) is 4.29. The number of hydrogen-bond acceptors (Lipinski definition) is 5. The summed E-state index contributed by atoms with van der Waals surface area (Å²) in [5.41, 5.74) is 1.03. The van der Waals surface area contributed by atoms with E-state index in [-0.39, 0.29) is 39.2 Å². The minimum absolute atomic E-state index is 0.115. The van der Waals surface area contributed by atoms with Gasteiger partial charge in [0.1, 0.15) is 11.6 Å². The highest BCUT2D eigenvalue weighted by Crippen LogP contribution is 2.28. The molecule has 210 valence electrons. The number of carbonyl (C=O) groups is 1. The lowest BCUT2D eigenvalue weighted by molar-refractivity contribution is -0.116. The zero-order valence-corrected chi connectivity index (χ0v) is 23.6. The first-order valence-electron chi connectivity index (χ1n) is 12.7. The van der Waals surface area contributed by atoms with Crippen LogP contribution in [0.3, 0.4) is 0 Å². The average Bonchev–Trinajstić information content (AvgIpc) is 3.23. The summed E-state index contributed by atoms with van der Waals surface area (Å²) in [7, 11) is -4.02. The van der Waals surface area contributed by atoms with Gasteiger partial charge in [0.2, 0.25) is 15.9 Å². The highest BCUT2D eigenvalue weighted by atomic mass is 35.5. The predicted molar refractivity (Wildman–Crippen MR) is 153 cm³/mol. The van der Waals surface area contributed by atoms with E-state index < -0.39 is 21.5 Å². The molecule has 0 spiro atoms. The summed E-state index contributed by atoms with van der Waals surface area (Å²) in [5.74, 6) is -0.368. The third kappa shape index (κ3) is 6.33. The van der Waals surface area contributed by atoms with Crippen LogP contribution in [-0.2, 0) is 27.8 Å². The number of aryl methyl sites for hydroxylation is 1. The second-order valence-electron chi connectivity index (χ2n) is 9.22. The molecule has 4 rings (SSSR count). The van der Waals surface area contributed by atoms with E-state index >= 15 is 4.39 Å². The third-order valence-corrected chi connectivity index (χ3v) is 7.65. The Kier molecular flexibility index (Phi) is 8.87. The molecule has 1 aromatic heterocycles. The molecule has 0 radical (unpaired) electrons. The van der Waals surface area contributed by atoms with Crippen molar-refractivity contribution >= 4 is 33.2 Å². The summed E-state index contributed by atoms with van der Waals surface area (Å²) in [6.07, 6.45) is 2.40. The van der Waals surface area contributed by atoms with Crippen LogP contribution >= 0.6 is 11.6 Å². The largest absolute Gasteiger partial charge is 0.351 e. The number of hydrogen-bond donors (Lipinski definition) is 2. The number of nitrogens with zero attached hydrogens (tertiary/aromatic N) is 3. The first kappa shape index (κ1) is 29.2. The quantitative estimate of drug-likeness (QED) is 0.274. The Balaban J connectivity index is 1.68. The zero-order chi connectivity index (χ0) is 29.0. The van der Waals surface area contributed by atoms with Gasteiger partial charge in [-0.3, -0.25) is 9.36 Å². The highest BCUT2D eigenvalue weighted by Gasteiger charge is 2.19. The van der Waals surface area contributed by atoms with Crippen molar-refractivity contribution in [3.8, 4) is 16.8 Å². The van der Waals surface area contributed by atoms with Crippen LogP contribution < -0.4 is 16.1 Å². The Morgan fingerprint density at radius 2 is 1.85 bits per heavy atom. The van der Waals surface area contributed by atoms with E-state index in [0.717, 1.165) is 17.5 Å². The molecule has 0 aliphatic carbocycles. The molecule has 0 saturated carbocycles. The molecule has 1 heterocycles. The van der Waals surface area contributed by atoms with E-state index in [0.29, 0.717) is 29.9 Å². The molecule has 40 heavy (non-hydrogen) atoms. The maximum Gasteiger partial charge on any atom is 0.351 e. The summed E-state index contributed by atoms with van der Waals surface area (Å²) in [5, 5.41) is 12.8. The molecular formula is C28H29ClFN5O4S. The minimum atomic E-state index is -4.02. The van der Waals surface area contributed by atoms with Crippen molar-refractivity contribution < 1.29 is 17.6 Å². The molecule has 0 bridgehead atoms. The number of unbranched alkanes of at least 4 members (excludes halogenated alkanes) is 1. The van der Waals surface area contributed by atoms with E-state index in [1.54, 1.807) is 36.4 Å². The number of aromatic nitrogens is 3. The van der Waals surface area contributed by atoms with Gasteiger partial charge < -0.3 is 5.32 Å². The lowest BCUT2D eigenvalue weighted by Gasteiger charge is -2.11. The van der Waals surface area contributed by atoms with Gasteiger partial charge in [0.25, 0.3) is 0 Å². The lowest BCUT2D eigenvalue weighted by atomic mass is 10.0. The first-order chi connectivity index (χ1) is 19.0. The normalized spacial score (nSPS) is 11.5. The van der Waals surface area contributed by atoms with Gasteiger partial charge in [0.05, 0.1) is 22.2 Å². The van der Waals surface area contributed by atoms with Crippen LogP contribution in [0.4, 0.5) is 10.1 Å². The van der Waals surface area contributed by atoms with Gasteiger partial charge in [-0.1, -0.05) is 62.2 Å². The topological polar surface area (TPSA) is 129 Å². The van der Waals surface area contributed by atoms with E-state index in [2.05, 4.69) is 10.4 Å². The maximum atomic E-state index is 15.3. The van der Waals surface area contributed by atoms with Gasteiger partial charge in [-0.15, -0.1) is 5.10 Å². The lowest BCUT2D eigenvalue weighted by Crippen LogP contribution is -2.25. The summed E-state index contributed by atoms with van der Waals surface area (Å²) in [4.78, 5) is 25.5. The number of carbonyl (C=O) groups excluding carboxylic acids is 1. The molecule has 12 heteroatoms. The van der Waals surface area contributed by atoms with Crippen LogP contribution in [0.5, 0.6) is 0 Å². The second-order valence-corrected chi connectivity index (χ2v) is 11.2. The molecule has 3 N–H and O–H groups in total. The molecule has 1 amide bonds. The van der Waals surface area contributed by atoms with E-state index in [1.807, 2.05) is 13.8 Å². The van der Waals surface area contributed by atoms with E-state index in [9.17, 15) is 18.0 Å². The Labute approximate surface area is 236 Å². The van der Waals surface area contributed by atoms with Gasteiger partial charge in [0.15, 0.2) is 0 Å². The smallest absolute Gasteiger partial charge is 0.326 e. The van der Waals surface area contributed by atoms with Gasteiger partial charge in [-0.05, 0) is 42.3 Å². The number of nitrogens with one attached hydrogen (secondary N) is 1. The number of benzene rings is 3. The number of halogens is 2. The molecule has 0 saturated heterocycles. The van der Waals surface area contributed by atoms with Crippen molar-refractivity contribution in [2.75, 3.05) is 5.32 Å². The summed E-state index contributed by atoms with van der Waals surface area (Å²) < 4.78 is 41.8. The standard InChI is InChI=1S/C28H29ClFN5O4S/c1-3-5-10-27(36)32-20-13-14-22(29)24(16-20)35-28(37)34(26(4-2)33-35)17-19-12-11-18(15-23(19)30)21-8-6-7-9-25(21)40(31,38)39/h6-9,11-16H,3-5,10,17H2,1-2H3,(H,32,36)(H2,31,38,39). The van der Waals surface area contributed by atoms with E-state index in [4.69, 9.17) is 16.7 Å². The van der Waals surface area contributed by atoms with Crippen molar-refractivity contribution in [3.63, 3.8) is 0 Å². The van der Waals surface area contributed by atoms with Crippen LogP contribution in [0, 0.1) is 5.82 Å². The Morgan fingerprint density at radius 3 is 2.52 bits per heavy atom. The third-order valence-electron chi connectivity index (χ3n) is 6.36. The zero-order valence-electron chi connectivity index (χ0n) is 22.0.